The van der Waals surface area contributed by atoms with Crippen LogP contribution in [0.1, 0.15) is 77.5 Å². The molecule has 4 heteroatoms. The van der Waals surface area contributed by atoms with Crippen LogP contribution in [0.4, 0.5) is 0 Å². The number of nitrogens with zero attached hydrogens (tertiary/aromatic N) is 2. The standard InChI is InChI=1S/C36H32NO.C16H18N.Ir/c1-23-19-25(21-36(3,4)5)17-18-27(23)32-20-33(37-22-24(32)2)31-16-10-15-30-29-14-9-13-28(34(29)38-35(30)31)26-11-7-6-8-12-26;1-16(2,3)11-13-9-10-15(17-12-13)14-7-5-4-6-8-14;/h6-15,17-20,22H,21H2,1-5H3;4-7,9-10,12H,11H2,1-3H3;/q2*-1;/i1D3,2D3,21D2;11D2;. The third-order valence-corrected chi connectivity index (χ3v) is 8.80. The number of rotatable bonds is 6. The first kappa shape index (κ1) is 29.1. The van der Waals surface area contributed by atoms with E-state index in [1.54, 1.807) is 39.1 Å². The van der Waals surface area contributed by atoms with Crippen LogP contribution < -0.4 is 0 Å². The molecule has 0 spiro atoms. The molecule has 0 atom stereocenters. The number of aromatic nitrogens is 2. The van der Waals surface area contributed by atoms with Gasteiger partial charge >= 0.3 is 0 Å². The number of pyridine rings is 2. The monoisotopic (exact) mass is 921 g/mol. The van der Waals surface area contributed by atoms with E-state index in [1.165, 1.54) is 24.4 Å². The molecule has 0 amide bonds. The summed E-state index contributed by atoms with van der Waals surface area (Å²) in [5.74, 6) is 0. The van der Waals surface area contributed by atoms with Crippen molar-refractivity contribution in [3.05, 3.63) is 168 Å². The molecule has 0 unspecified atom stereocenters. The van der Waals surface area contributed by atoms with E-state index in [-0.39, 0.29) is 47.9 Å². The number of fused-ring (bicyclic) bond motifs is 3. The Bertz CT molecular complexity index is 2970. The van der Waals surface area contributed by atoms with E-state index in [2.05, 4.69) is 22.1 Å². The summed E-state index contributed by atoms with van der Waals surface area (Å²) < 4.78 is 90.3. The first-order valence-electron chi connectivity index (χ1n) is 23.3. The van der Waals surface area contributed by atoms with Crippen molar-refractivity contribution in [2.45, 2.75) is 68.0 Å². The van der Waals surface area contributed by atoms with Crippen LogP contribution in [0, 0.1) is 36.7 Å². The summed E-state index contributed by atoms with van der Waals surface area (Å²) >= 11 is 0. The molecule has 1 radical (unpaired) electrons. The molecule has 285 valence electrons. The molecule has 3 nitrogen and oxygen atoms in total. The molecule has 56 heavy (non-hydrogen) atoms. The van der Waals surface area contributed by atoms with Crippen molar-refractivity contribution in [3.8, 4) is 44.8 Å². The molecule has 0 saturated carbocycles. The number of furan rings is 1. The van der Waals surface area contributed by atoms with E-state index in [9.17, 15) is 0 Å². The topological polar surface area (TPSA) is 38.9 Å². The largest absolute Gasteiger partial charge is 0.500 e. The Morgan fingerprint density at radius 1 is 0.589 bits per heavy atom. The molecule has 8 rings (SSSR count). The molecule has 3 aromatic heterocycles. The van der Waals surface area contributed by atoms with Gasteiger partial charge in [-0.2, -0.15) is 0 Å². The first-order valence-corrected chi connectivity index (χ1v) is 18.3. The van der Waals surface area contributed by atoms with Gasteiger partial charge < -0.3 is 14.4 Å². The number of para-hydroxylation sites is 1. The maximum atomic E-state index is 8.74. The zero-order valence-electron chi connectivity index (χ0n) is 42.3. The second kappa shape index (κ2) is 16.9. The summed E-state index contributed by atoms with van der Waals surface area (Å²) in [6.07, 6.45) is -0.374. The van der Waals surface area contributed by atoms with E-state index < -0.39 is 37.3 Å². The van der Waals surface area contributed by atoms with E-state index in [0.717, 1.165) is 33.2 Å². The Morgan fingerprint density at radius 2 is 1.30 bits per heavy atom. The Kier molecular flexibility index (Phi) is 8.80. The molecule has 8 aromatic rings. The van der Waals surface area contributed by atoms with Crippen LogP contribution >= 0.6 is 0 Å². The molecule has 0 aliphatic carbocycles. The molecule has 0 aliphatic rings. The summed E-state index contributed by atoms with van der Waals surface area (Å²) in [6, 6.07) is 43.1. The number of hydrogen-bond donors (Lipinski definition) is 0. The van der Waals surface area contributed by atoms with Crippen molar-refractivity contribution in [1.29, 1.82) is 0 Å². The summed E-state index contributed by atoms with van der Waals surface area (Å²) in [5.41, 5.74) is 5.34. The van der Waals surface area contributed by atoms with Crippen molar-refractivity contribution in [3.63, 3.8) is 0 Å². The van der Waals surface area contributed by atoms with Crippen LogP contribution in [0.15, 0.2) is 138 Å². The Labute approximate surface area is 360 Å². The molecule has 0 bridgehead atoms. The fourth-order valence-corrected chi connectivity index (χ4v) is 6.52. The molecule has 0 fully saturated rings. The fraction of sp³-hybridized carbons (Fsp3) is 0.231. The average Bonchev–Trinajstić information content (AvgIpc) is 3.65. The van der Waals surface area contributed by atoms with Crippen LogP contribution in [0.5, 0.6) is 0 Å². The molecule has 0 N–H and O–H groups in total. The average molecular weight is 921 g/mol. The number of aryl methyl sites for hydroxylation is 2. The van der Waals surface area contributed by atoms with Crippen LogP contribution in [0.2, 0.25) is 0 Å². The third-order valence-electron chi connectivity index (χ3n) is 8.80. The Balaban J connectivity index is 0.000000302. The molecule has 0 saturated heterocycles. The SMILES string of the molecule is [2H]C([2H])([2H])c1cnc(-c2[c-]ccc3c2oc2c(-c4ccccc4)cccc23)cc1-c1ccc(C([2H])([2H])C(C)(C)C)cc1C([2H])([2H])[2H].[2H]C([2H])(c1ccc(-c2[c-]cccc2)nc1)C(C)(C)C.[Ir]. The quantitative estimate of drug-likeness (QED) is 0.156. The molecular weight excluding hydrogens is 861 g/mol. The maximum Gasteiger partial charge on any atom is 0.128 e. The maximum absolute atomic E-state index is 8.74. The summed E-state index contributed by atoms with van der Waals surface area (Å²) in [4.78, 5) is 8.89. The van der Waals surface area contributed by atoms with E-state index in [1.807, 2.05) is 112 Å². The third kappa shape index (κ3) is 9.44. The van der Waals surface area contributed by atoms with Gasteiger partial charge in [-0.3, -0.25) is 0 Å². The van der Waals surface area contributed by atoms with E-state index in [4.69, 9.17) is 18.1 Å². The van der Waals surface area contributed by atoms with E-state index >= 15 is 0 Å². The van der Waals surface area contributed by atoms with Crippen LogP contribution in [-0.2, 0) is 32.9 Å². The second-order valence-electron chi connectivity index (χ2n) is 15.6. The van der Waals surface area contributed by atoms with Gasteiger partial charge in [0.25, 0.3) is 0 Å². The second-order valence-corrected chi connectivity index (χ2v) is 15.6. The van der Waals surface area contributed by atoms with Gasteiger partial charge in [0, 0.05) is 57.2 Å². The minimum atomic E-state index is -2.66. The van der Waals surface area contributed by atoms with Gasteiger partial charge in [0.05, 0.1) is 5.58 Å². The number of benzene rings is 5. The van der Waals surface area contributed by atoms with Gasteiger partial charge in [0.1, 0.15) is 5.58 Å². The van der Waals surface area contributed by atoms with Gasteiger partial charge in [-0.1, -0.05) is 137 Å². The van der Waals surface area contributed by atoms with E-state index in [0.29, 0.717) is 28.0 Å². The van der Waals surface area contributed by atoms with Crippen LogP contribution in [0.25, 0.3) is 66.7 Å². The minimum Gasteiger partial charge on any atom is -0.500 e. The van der Waals surface area contributed by atoms with Crippen molar-refractivity contribution in [2.75, 3.05) is 0 Å². The van der Waals surface area contributed by atoms with Gasteiger partial charge in [-0.15, -0.1) is 54.1 Å². The van der Waals surface area contributed by atoms with Crippen LogP contribution in [-0.4, -0.2) is 9.97 Å². The fourth-order valence-electron chi connectivity index (χ4n) is 6.52. The summed E-state index contributed by atoms with van der Waals surface area (Å²) in [7, 11) is 0. The van der Waals surface area contributed by atoms with Crippen LogP contribution in [0.3, 0.4) is 0 Å². The Hall–Kier alpha value is -5.15. The molecule has 3 heterocycles. The number of hydrogen-bond acceptors (Lipinski definition) is 3. The summed E-state index contributed by atoms with van der Waals surface area (Å²) in [6.45, 7) is 5.66. The Morgan fingerprint density at radius 3 is 2.00 bits per heavy atom. The van der Waals surface area contributed by atoms with Crippen molar-refractivity contribution < 1.29 is 38.2 Å². The smallest absolute Gasteiger partial charge is 0.128 e. The molecule has 0 aliphatic heterocycles. The van der Waals surface area contributed by atoms with Gasteiger partial charge in [0.15, 0.2) is 0 Å². The summed E-state index contributed by atoms with van der Waals surface area (Å²) in [5, 5.41) is 1.74. The van der Waals surface area contributed by atoms with Crippen molar-refractivity contribution >= 4 is 21.9 Å². The van der Waals surface area contributed by atoms with Gasteiger partial charge in [-0.05, 0) is 87.6 Å². The normalized spacial score (nSPS) is 15.2. The predicted molar refractivity (Wildman–Crippen MR) is 231 cm³/mol. The van der Waals surface area contributed by atoms with Crippen molar-refractivity contribution in [2.24, 2.45) is 10.8 Å². The first-order chi connectivity index (χ1) is 30.3. The van der Waals surface area contributed by atoms with Gasteiger partial charge in [-0.25, -0.2) is 0 Å². The van der Waals surface area contributed by atoms with Crippen molar-refractivity contribution in [1.82, 2.24) is 9.97 Å². The minimum absolute atomic E-state index is 0. The predicted octanol–water partition coefficient (Wildman–Crippen LogP) is 14.1. The zero-order valence-corrected chi connectivity index (χ0v) is 34.7. The zero-order chi connectivity index (χ0) is 47.3. The molecule has 5 aromatic carbocycles. The van der Waals surface area contributed by atoms with Gasteiger partial charge in [0.2, 0.25) is 0 Å². The molecular formula is C52H50IrN2O-2.